The molecule has 0 spiro atoms. The molecule has 16 heavy (non-hydrogen) atoms. The SMILES string of the molecule is C=C/C=C(\C(=C/C)CC(O)CC)C(F)(F)F. The molecule has 0 aromatic carbocycles. The number of aliphatic hydroxyl groups is 1. The lowest BCUT2D eigenvalue weighted by Gasteiger charge is -2.17. The minimum Gasteiger partial charge on any atom is -0.393 e. The molecule has 0 aromatic heterocycles. The monoisotopic (exact) mass is 234 g/mol. The Kier molecular flexibility index (Phi) is 6.11. The van der Waals surface area contributed by atoms with Crippen molar-refractivity contribution in [2.24, 2.45) is 0 Å². The third kappa shape index (κ3) is 4.66. The van der Waals surface area contributed by atoms with Crippen LogP contribution in [0.2, 0.25) is 0 Å². The van der Waals surface area contributed by atoms with Gasteiger partial charge < -0.3 is 5.11 Å². The highest BCUT2D eigenvalue weighted by Crippen LogP contribution is 2.33. The highest BCUT2D eigenvalue weighted by molar-refractivity contribution is 5.37. The van der Waals surface area contributed by atoms with Crippen molar-refractivity contribution in [2.45, 2.75) is 39.0 Å². The van der Waals surface area contributed by atoms with Gasteiger partial charge in [-0.15, -0.1) is 0 Å². The number of alkyl halides is 3. The summed E-state index contributed by atoms with van der Waals surface area (Å²) in [5.74, 6) is 0. The Hall–Kier alpha value is -1.03. The van der Waals surface area contributed by atoms with E-state index in [0.717, 1.165) is 12.2 Å². The van der Waals surface area contributed by atoms with Gasteiger partial charge in [-0.3, -0.25) is 0 Å². The maximum atomic E-state index is 12.7. The zero-order valence-corrected chi connectivity index (χ0v) is 9.51. The quantitative estimate of drug-likeness (QED) is 0.718. The van der Waals surface area contributed by atoms with Crippen molar-refractivity contribution in [3.05, 3.63) is 36.0 Å². The van der Waals surface area contributed by atoms with E-state index in [1.807, 2.05) is 0 Å². The number of hydrogen-bond donors (Lipinski definition) is 1. The van der Waals surface area contributed by atoms with Crippen LogP contribution in [0.1, 0.15) is 26.7 Å². The lowest BCUT2D eigenvalue weighted by atomic mass is 9.97. The van der Waals surface area contributed by atoms with Crippen molar-refractivity contribution in [1.82, 2.24) is 0 Å². The molecule has 0 aromatic rings. The van der Waals surface area contributed by atoms with Crippen molar-refractivity contribution in [1.29, 1.82) is 0 Å². The molecular formula is C12H17F3O. The Morgan fingerprint density at radius 1 is 1.44 bits per heavy atom. The van der Waals surface area contributed by atoms with Gasteiger partial charge >= 0.3 is 6.18 Å². The molecule has 0 aliphatic heterocycles. The lowest BCUT2D eigenvalue weighted by molar-refractivity contribution is -0.0898. The second-order valence-corrected chi connectivity index (χ2v) is 3.39. The Balaban J connectivity index is 5.05. The molecule has 0 heterocycles. The summed E-state index contributed by atoms with van der Waals surface area (Å²) in [5.41, 5.74) is -0.640. The van der Waals surface area contributed by atoms with Crippen LogP contribution in [-0.2, 0) is 0 Å². The standard InChI is InChI=1S/C12H17F3O/c1-4-7-11(12(13,14)15)9(5-2)8-10(16)6-3/h4-5,7,10,16H,1,6,8H2,2-3H3/b9-5-,11-7+. The topological polar surface area (TPSA) is 20.2 Å². The Morgan fingerprint density at radius 2 is 2.00 bits per heavy atom. The zero-order chi connectivity index (χ0) is 12.8. The molecule has 0 radical (unpaired) electrons. The fraction of sp³-hybridized carbons (Fsp3) is 0.500. The summed E-state index contributed by atoms with van der Waals surface area (Å²) >= 11 is 0. The molecular weight excluding hydrogens is 217 g/mol. The van der Waals surface area contributed by atoms with E-state index in [-0.39, 0.29) is 12.0 Å². The molecule has 0 amide bonds. The zero-order valence-electron chi connectivity index (χ0n) is 9.51. The molecule has 0 saturated carbocycles. The average Bonchev–Trinajstić information content (AvgIpc) is 2.21. The molecule has 1 unspecified atom stereocenters. The van der Waals surface area contributed by atoms with Crippen LogP contribution >= 0.6 is 0 Å². The van der Waals surface area contributed by atoms with E-state index < -0.39 is 17.9 Å². The van der Waals surface area contributed by atoms with Crippen LogP contribution in [0.3, 0.4) is 0 Å². The van der Waals surface area contributed by atoms with Gasteiger partial charge in [0.2, 0.25) is 0 Å². The van der Waals surface area contributed by atoms with E-state index in [0.29, 0.717) is 6.42 Å². The first kappa shape index (κ1) is 15.0. The molecule has 4 heteroatoms. The third-order valence-electron chi connectivity index (χ3n) is 2.21. The molecule has 1 atom stereocenters. The van der Waals surface area contributed by atoms with Crippen molar-refractivity contribution in [2.75, 3.05) is 0 Å². The summed E-state index contributed by atoms with van der Waals surface area (Å²) in [6, 6.07) is 0. The molecule has 92 valence electrons. The van der Waals surface area contributed by atoms with Crippen LogP contribution in [0.5, 0.6) is 0 Å². The summed E-state index contributed by atoms with van der Waals surface area (Å²) in [6.07, 6.45) is -1.32. The van der Waals surface area contributed by atoms with Gasteiger partial charge in [-0.2, -0.15) is 13.2 Å². The minimum atomic E-state index is -4.41. The maximum Gasteiger partial charge on any atom is 0.416 e. The smallest absolute Gasteiger partial charge is 0.393 e. The second kappa shape index (κ2) is 6.53. The normalized spacial score (nSPS) is 16.1. The van der Waals surface area contributed by atoms with Gasteiger partial charge in [0.25, 0.3) is 0 Å². The van der Waals surface area contributed by atoms with Crippen LogP contribution in [0.15, 0.2) is 36.0 Å². The van der Waals surface area contributed by atoms with Crippen LogP contribution in [0, 0.1) is 0 Å². The Morgan fingerprint density at radius 3 is 2.31 bits per heavy atom. The molecule has 1 N–H and O–H groups in total. The van der Waals surface area contributed by atoms with E-state index in [9.17, 15) is 18.3 Å². The largest absolute Gasteiger partial charge is 0.416 e. The van der Waals surface area contributed by atoms with E-state index >= 15 is 0 Å². The molecule has 0 rings (SSSR count). The van der Waals surface area contributed by atoms with Gasteiger partial charge in [0.15, 0.2) is 0 Å². The van der Waals surface area contributed by atoms with Crippen molar-refractivity contribution >= 4 is 0 Å². The first-order valence-corrected chi connectivity index (χ1v) is 5.10. The predicted molar refractivity (Wildman–Crippen MR) is 59.0 cm³/mol. The summed E-state index contributed by atoms with van der Waals surface area (Å²) < 4.78 is 38.0. The third-order valence-corrected chi connectivity index (χ3v) is 2.21. The van der Waals surface area contributed by atoms with E-state index in [1.165, 1.54) is 13.0 Å². The summed E-state index contributed by atoms with van der Waals surface area (Å²) in [6.45, 7) is 6.52. The van der Waals surface area contributed by atoms with Gasteiger partial charge in [-0.25, -0.2) is 0 Å². The van der Waals surface area contributed by atoms with Crippen LogP contribution < -0.4 is 0 Å². The molecule has 1 nitrogen and oxygen atoms in total. The van der Waals surface area contributed by atoms with Crippen LogP contribution in [0.25, 0.3) is 0 Å². The van der Waals surface area contributed by atoms with Gasteiger partial charge in [0, 0.05) is 0 Å². The van der Waals surface area contributed by atoms with Gasteiger partial charge in [0.05, 0.1) is 11.7 Å². The highest BCUT2D eigenvalue weighted by Gasteiger charge is 2.35. The summed E-state index contributed by atoms with van der Waals surface area (Å²) in [5, 5.41) is 9.38. The minimum absolute atomic E-state index is 0.00613. The fourth-order valence-corrected chi connectivity index (χ4v) is 1.28. The number of hydrogen-bond acceptors (Lipinski definition) is 1. The average molecular weight is 234 g/mol. The van der Waals surface area contributed by atoms with Gasteiger partial charge in [-0.1, -0.05) is 31.7 Å². The van der Waals surface area contributed by atoms with Crippen molar-refractivity contribution in [3.63, 3.8) is 0 Å². The first-order chi connectivity index (χ1) is 7.36. The number of aliphatic hydroxyl groups excluding tert-OH is 1. The number of halogens is 3. The molecule has 0 aliphatic rings. The molecule has 0 fully saturated rings. The summed E-state index contributed by atoms with van der Waals surface area (Å²) in [7, 11) is 0. The first-order valence-electron chi connectivity index (χ1n) is 5.10. The fourth-order valence-electron chi connectivity index (χ4n) is 1.28. The van der Waals surface area contributed by atoms with E-state index in [1.54, 1.807) is 6.92 Å². The van der Waals surface area contributed by atoms with Gasteiger partial charge in [-0.05, 0) is 25.3 Å². The molecule has 0 saturated heterocycles. The Labute approximate surface area is 94.0 Å². The van der Waals surface area contributed by atoms with Crippen LogP contribution in [-0.4, -0.2) is 17.4 Å². The van der Waals surface area contributed by atoms with E-state index in [4.69, 9.17) is 0 Å². The lowest BCUT2D eigenvalue weighted by Crippen LogP contribution is -2.17. The van der Waals surface area contributed by atoms with E-state index in [2.05, 4.69) is 6.58 Å². The highest BCUT2D eigenvalue weighted by atomic mass is 19.4. The second-order valence-electron chi connectivity index (χ2n) is 3.39. The van der Waals surface area contributed by atoms with Crippen molar-refractivity contribution < 1.29 is 18.3 Å². The number of rotatable bonds is 5. The van der Waals surface area contributed by atoms with Gasteiger partial charge in [0.1, 0.15) is 0 Å². The van der Waals surface area contributed by atoms with Crippen LogP contribution in [0.4, 0.5) is 13.2 Å². The Bertz CT molecular complexity index is 287. The summed E-state index contributed by atoms with van der Waals surface area (Å²) in [4.78, 5) is 0. The molecule has 0 aliphatic carbocycles. The van der Waals surface area contributed by atoms with Crippen molar-refractivity contribution in [3.8, 4) is 0 Å². The number of allylic oxidation sites excluding steroid dienone is 4. The molecule has 0 bridgehead atoms. The predicted octanol–water partition coefficient (Wildman–Crippen LogP) is 3.77. The maximum absolute atomic E-state index is 12.7.